The van der Waals surface area contributed by atoms with Crippen molar-refractivity contribution in [1.82, 2.24) is 0 Å². The Labute approximate surface area is 81.6 Å². The van der Waals surface area contributed by atoms with Gasteiger partial charge in [0.2, 0.25) is 0 Å². The summed E-state index contributed by atoms with van der Waals surface area (Å²) in [6.45, 7) is 5.26. The van der Waals surface area contributed by atoms with E-state index in [4.69, 9.17) is 23.2 Å². The highest BCUT2D eigenvalue weighted by atomic mass is 35.5. The lowest BCUT2D eigenvalue weighted by Crippen LogP contribution is -1.92. The van der Waals surface area contributed by atoms with E-state index in [2.05, 4.69) is 11.6 Å². The lowest BCUT2D eigenvalue weighted by atomic mass is 10.4. The molecule has 0 atom stereocenters. The number of ketones is 1. The summed E-state index contributed by atoms with van der Waals surface area (Å²) in [5, 5.41) is 0.162. The molecule has 0 amide bonds. The number of carbonyl (C=O) groups is 1. The van der Waals surface area contributed by atoms with E-state index in [0.29, 0.717) is 6.54 Å². The zero-order valence-electron chi connectivity index (χ0n) is 6.68. The van der Waals surface area contributed by atoms with Gasteiger partial charge in [0, 0.05) is 13.1 Å². The zero-order chi connectivity index (χ0) is 9.56. The van der Waals surface area contributed by atoms with Gasteiger partial charge in [0.15, 0.2) is 5.78 Å². The molecule has 0 heterocycles. The Bertz CT molecular complexity index is 243. The summed E-state index contributed by atoms with van der Waals surface area (Å²) < 4.78 is 0. The van der Waals surface area contributed by atoms with Gasteiger partial charge in [-0.25, -0.2) is 0 Å². The molecule has 0 N–H and O–H groups in total. The topological polar surface area (TPSA) is 29.4 Å². The van der Waals surface area contributed by atoms with E-state index in [1.54, 1.807) is 6.08 Å². The maximum Gasteiger partial charge on any atom is 0.172 e. The largest absolute Gasteiger partial charge is 0.293 e. The molecule has 66 valence electrons. The van der Waals surface area contributed by atoms with Crippen molar-refractivity contribution in [3.05, 3.63) is 22.7 Å². The van der Waals surface area contributed by atoms with Gasteiger partial charge in [-0.15, -0.1) is 6.58 Å². The molecule has 2 nitrogen and oxygen atoms in total. The van der Waals surface area contributed by atoms with Crippen LogP contribution in [0.2, 0.25) is 0 Å². The van der Waals surface area contributed by atoms with Gasteiger partial charge < -0.3 is 0 Å². The average molecular weight is 206 g/mol. The quantitative estimate of drug-likeness (QED) is 0.394. The summed E-state index contributed by atoms with van der Waals surface area (Å²) in [6, 6.07) is 0. The Morgan fingerprint density at radius 1 is 1.58 bits per heavy atom. The van der Waals surface area contributed by atoms with Crippen molar-refractivity contribution in [2.75, 3.05) is 6.54 Å². The molecule has 0 bridgehead atoms. The minimum atomic E-state index is -0.272. The third-order valence-corrected chi connectivity index (χ3v) is 1.81. The fourth-order valence-corrected chi connectivity index (χ4v) is 0.683. The van der Waals surface area contributed by atoms with Crippen molar-refractivity contribution in [2.24, 2.45) is 4.99 Å². The summed E-state index contributed by atoms with van der Waals surface area (Å²) in [5.74, 6) is -0.272. The molecule has 0 saturated carbocycles. The molecule has 0 rings (SSSR count). The van der Waals surface area contributed by atoms with Gasteiger partial charge in [-0.1, -0.05) is 29.3 Å². The minimum Gasteiger partial charge on any atom is -0.293 e. The molecule has 0 fully saturated rings. The molecule has 0 aliphatic carbocycles. The Kier molecular flexibility index (Phi) is 5.68. The van der Waals surface area contributed by atoms with Crippen LogP contribution in [0.3, 0.4) is 0 Å². The van der Waals surface area contributed by atoms with Crippen LogP contribution in [0.15, 0.2) is 27.7 Å². The number of Topliss-reactive ketones (excluding diaryl/α,β-unsaturated/α-hetero) is 1. The summed E-state index contributed by atoms with van der Waals surface area (Å²) in [4.78, 5) is 14.5. The van der Waals surface area contributed by atoms with Crippen molar-refractivity contribution >= 4 is 35.2 Å². The van der Waals surface area contributed by atoms with E-state index in [0.717, 1.165) is 0 Å². The van der Waals surface area contributed by atoms with Crippen molar-refractivity contribution in [2.45, 2.75) is 6.92 Å². The molecule has 4 heteroatoms. The molecule has 0 aromatic heterocycles. The van der Waals surface area contributed by atoms with Crippen LogP contribution < -0.4 is 0 Å². The molecule has 12 heavy (non-hydrogen) atoms. The first-order chi connectivity index (χ1) is 5.59. The lowest BCUT2D eigenvalue weighted by Gasteiger charge is -1.92. The van der Waals surface area contributed by atoms with E-state index in [1.807, 2.05) is 0 Å². The van der Waals surface area contributed by atoms with Crippen molar-refractivity contribution in [3.63, 3.8) is 0 Å². The lowest BCUT2D eigenvalue weighted by molar-refractivity contribution is -0.113. The average Bonchev–Trinajstić information content (AvgIpc) is 2.03. The maximum absolute atomic E-state index is 10.7. The number of halogens is 2. The van der Waals surface area contributed by atoms with Gasteiger partial charge >= 0.3 is 0 Å². The first-order valence-electron chi connectivity index (χ1n) is 3.26. The normalized spacial score (nSPS) is 12.9. The van der Waals surface area contributed by atoms with E-state index in [9.17, 15) is 4.79 Å². The number of hydrogen-bond donors (Lipinski definition) is 0. The zero-order valence-corrected chi connectivity index (χ0v) is 8.19. The number of carbonyl (C=O) groups excluding carboxylic acids is 1. The highest BCUT2D eigenvalue weighted by Crippen LogP contribution is 2.12. The summed E-state index contributed by atoms with van der Waals surface area (Å²) in [7, 11) is 0. The van der Waals surface area contributed by atoms with Crippen molar-refractivity contribution in [1.29, 1.82) is 0 Å². The van der Waals surface area contributed by atoms with Gasteiger partial charge in [0.25, 0.3) is 0 Å². The maximum atomic E-state index is 10.7. The van der Waals surface area contributed by atoms with Crippen LogP contribution in [-0.4, -0.2) is 18.5 Å². The summed E-state index contributed by atoms with van der Waals surface area (Å²) >= 11 is 11.1. The third kappa shape index (κ3) is 4.31. The van der Waals surface area contributed by atoms with Gasteiger partial charge in [0.05, 0.1) is 11.6 Å². The highest BCUT2D eigenvalue weighted by molar-refractivity contribution is 6.52. The molecule has 0 aromatic carbocycles. The van der Waals surface area contributed by atoms with E-state index in [1.165, 1.54) is 13.1 Å². The number of aliphatic imine (C=N–C) groups is 1. The Balaban J connectivity index is 4.35. The second-order valence-corrected chi connectivity index (χ2v) is 2.79. The molecule has 0 spiro atoms. The van der Waals surface area contributed by atoms with Crippen molar-refractivity contribution in [3.8, 4) is 0 Å². The molecule has 0 unspecified atom stereocenters. The van der Waals surface area contributed by atoms with Crippen LogP contribution in [0.5, 0.6) is 0 Å². The Morgan fingerprint density at radius 3 is 2.58 bits per heavy atom. The molecular weight excluding hydrogens is 197 g/mol. The standard InChI is InChI=1S/C8H9Cl2NO/c1-3-4-11-5-7(9)8(10)6(2)12/h3,5H,1,4H2,2H3/b8-7-,11-5?. The van der Waals surface area contributed by atoms with Crippen LogP contribution in [0.4, 0.5) is 0 Å². The van der Waals surface area contributed by atoms with Gasteiger partial charge in [0.1, 0.15) is 5.03 Å². The second kappa shape index (κ2) is 5.98. The number of rotatable bonds is 4. The van der Waals surface area contributed by atoms with Crippen LogP contribution >= 0.6 is 23.2 Å². The molecule has 0 aromatic rings. The summed E-state index contributed by atoms with van der Waals surface area (Å²) in [6.07, 6.45) is 2.95. The number of allylic oxidation sites excluding steroid dienone is 2. The second-order valence-electron chi connectivity index (χ2n) is 2.00. The Morgan fingerprint density at radius 2 is 2.17 bits per heavy atom. The molecular formula is C8H9Cl2NO. The van der Waals surface area contributed by atoms with E-state index < -0.39 is 0 Å². The molecule has 0 saturated heterocycles. The first kappa shape index (κ1) is 11.4. The fourth-order valence-electron chi connectivity index (χ4n) is 0.432. The third-order valence-electron chi connectivity index (χ3n) is 0.958. The van der Waals surface area contributed by atoms with Crippen LogP contribution in [0.25, 0.3) is 0 Å². The van der Waals surface area contributed by atoms with E-state index in [-0.39, 0.29) is 15.8 Å². The minimum absolute atomic E-state index is 0.00415. The van der Waals surface area contributed by atoms with E-state index >= 15 is 0 Å². The number of nitrogens with zero attached hydrogens (tertiary/aromatic N) is 1. The first-order valence-corrected chi connectivity index (χ1v) is 4.02. The SMILES string of the molecule is C=CCN=C/C(Cl)=C(/Cl)C(C)=O. The van der Waals surface area contributed by atoms with Crippen molar-refractivity contribution < 1.29 is 4.79 Å². The predicted molar refractivity (Wildman–Crippen MR) is 53.0 cm³/mol. The monoisotopic (exact) mass is 205 g/mol. The van der Waals surface area contributed by atoms with Gasteiger partial charge in [-0.2, -0.15) is 0 Å². The molecule has 0 aliphatic heterocycles. The highest BCUT2D eigenvalue weighted by Gasteiger charge is 2.03. The van der Waals surface area contributed by atoms with Crippen LogP contribution in [0.1, 0.15) is 6.92 Å². The predicted octanol–water partition coefficient (Wildman–Crippen LogP) is 2.52. The smallest absolute Gasteiger partial charge is 0.172 e. The van der Waals surface area contributed by atoms with Crippen LogP contribution in [0, 0.1) is 0 Å². The van der Waals surface area contributed by atoms with Gasteiger partial charge in [-0.05, 0) is 0 Å². The molecule has 0 aliphatic rings. The summed E-state index contributed by atoms with van der Waals surface area (Å²) in [5.41, 5.74) is 0. The number of hydrogen-bond acceptors (Lipinski definition) is 2. The molecule has 0 radical (unpaired) electrons. The Hall–Kier alpha value is -0.600. The fraction of sp³-hybridized carbons (Fsp3) is 0.250. The van der Waals surface area contributed by atoms with Gasteiger partial charge in [-0.3, -0.25) is 9.79 Å². The van der Waals surface area contributed by atoms with Crippen LogP contribution in [-0.2, 0) is 4.79 Å².